The highest BCUT2D eigenvalue weighted by Gasteiger charge is 2.31. The second-order valence-corrected chi connectivity index (χ2v) is 4.58. The van der Waals surface area contributed by atoms with Crippen molar-refractivity contribution in [2.45, 2.75) is 6.36 Å². The average molecular weight is 312 g/mol. The number of halogens is 3. The molecule has 2 rings (SSSR count). The third-order valence-electron chi connectivity index (χ3n) is 2.53. The van der Waals surface area contributed by atoms with Gasteiger partial charge in [-0.1, -0.05) is 18.3 Å². The van der Waals surface area contributed by atoms with Gasteiger partial charge in [0.1, 0.15) is 10.7 Å². The van der Waals surface area contributed by atoms with Crippen molar-refractivity contribution in [2.75, 3.05) is 5.32 Å². The summed E-state index contributed by atoms with van der Waals surface area (Å²) in [6.07, 6.45) is -4.71. The molecule has 0 aliphatic carbocycles. The number of ether oxygens (including phenoxy) is 1. The number of hydrogen-bond acceptors (Lipinski definition) is 3. The normalized spacial score (nSPS) is 11.0. The molecule has 21 heavy (non-hydrogen) atoms. The number of nitrogens with two attached hydrogens (primary N) is 1. The Labute approximate surface area is 124 Å². The van der Waals surface area contributed by atoms with E-state index in [1.807, 2.05) is 0 Å². The first-order chi connectivity index (χ1) is 9.83. The van der Waals surface area contributed by atoms with Crippen molar-refractivity contribution in [3.63, 3.8) is 0 Å². The van der Waals surface area contributed by atoms with Gasteiger partial charge >= 0.3 is 6.36 Å². The molecule has 2 aromatic carbocycles. The molecule has 2 aromatic rings. The Hall–Kier alpha value is -2.28. The first kappa shape index (κ1) is 15.1. The molecule has 0 unspecified atom stereocenters. The fourth-order valence-corrected chi connectivity index (χ4v) is 1.79. The number of rotatable bonds is 4. The zero-order valence-corrected chi connectivity index (χ0v) is 11.5. The van der Waals surface area contributed by atoms with Gasteiger partial charge in [0.15, 0.2) is 0 Å². The number of thiocarbonyl (C=S) groups is 1. The molecule has 0 aromatic heterocycles. The van der Waals surface area contributed by atoms with E-state index >= 15 is 0 Å². The smallest absolute Gasteiger partial charge is 0.406 e. The summed E-state index contributed by atoms with van der Waals surface area (Å²) in [5, 5.41) is 2.96. The summed E-state index contributed by atoms with van der Waals surface area (Å²) in [6, 6.07) is 12.5. The van der Waals surface area contributed by atoms with Gasteiger partial charge in [0.25, 0.3) is 0 Å². The highest BCUT2D eigenvalue weighted by Crippen LogP contribution is 2.26. The van der Waals surface area contributed by atoms with Gasteiger partial charge in [-0.3, -0.25) is 0 Å². The van der Waals surface area contributed by atoms with E-state index in [1.54, 1.807) is 30.3 Å². The molecule has 110 valence electrons. The Kier molecular flexibility index (Phi) is 4.32. The van der Waals surface area contributed by atoms with Crippen molar-refractivity contribution >= 4 is 28.6 Å². The molecule has 0 aliphatic heterocycles. The van der Waals surface area contributed by atoms with E-state index in [9.17, 15) is 13.2 Å². The van der Waals surface area contributed by atoms with E-state index in [1.165, 1.54) is 18.2 Å². The van der Waals surface area contributed by atoms with Crippen LogP contribution in [-0.4, -0.2) is 11.4 Å². The largest absolute Gasteiger partial charge is 0.573 e. The predicted molar refractivity (Wildman–Crippen MR) is 78.7 cm³/mol. The quantitative estimate of drug-likeness (QED) is 0.839. The molecule has 7 heteroatoms. The van der Waals surface area contributed by atoms with Gasteiger partial charge in [-0.15, -0.1) is 13.2 Å². The minimum Gasteiger partial charge on any atom is -0.406 e. The minimum atomic E-state index is -4.71. The van der Waals surface area contributed by atoms with E-state index in [0.29, 0.717) is 16.9 Å². The second-order valence-electron chi connectivity index (χ2n) is 4.14. The number of anilines is 2. The van der Waals surface area contributed by atoms with Crippen molar-refractivity contribution in [3.05, 3.63) is 54.1 Å². The molecule has 3 nitrogen and oxygen atoms in total. The van der Waals surface area contributed by atoms with Crippen molar-refractivity contribution in [2.24, 2.45) is 5.73 Å². The van der Waals surface area contributed by atoms with E-state index in [2.05, 4.69) is 10.1 Å². The van der Waals surface area contributed by atoms with Crippen LogP contribution in [0.15, 0.2) is 48.5 Å². The van der Waals surface area contributed by atoms with E-state index in [0.717, 1.165) is 0 Å². The second kappa shape index (κ2) is 6.01. The average Bonchev–Trinajstić information content (AvgIpc) is 2.37. The lowest BCUT2D eigenvalue weighted by atomic mass is 10.2. The molecule has 0 fully saturated rings. The molecule has 0 saturated heterocycles. The molecular formula is C14H11F3N2OS. The lowest BCUT2D eigenvalue weighted by Gasteiger charge is -2.11. The van der Waals surface area contributed by atoms with Gasteiger partial charge in [0, 0.05) is 23.0 Å². The molecule has 0 spiro atoms. The first-order valence-electron chi connectivity index (χ1n) is 5.86. The van der Waals surface area contributed by atoms with Crippen molar-refractivity contribution < 1.29 is 17.9 Å². The molecular weight excluding hydrogens is 301 g/mol. The van der Waals surface area contributed by atoms with Crippen LogP contribution in [0.3, 0.4) is 0 Å². The zero-order valence-electron chi connectivity index (χ0n) is 10.6. The molecule has 0 amide bonds. The highest BCUT2D eigenvalue weighted by molar-refractivity contribution is 7.80. The monoisotopic (exact) mass is 312 g/mol. The highest BCUT2D eigenvalue weighted by atomic mass is 32.1. The molecule has 3 N–H and O–H groups in total. The fourth-order valence-electron chi connectivity index (χ4n) is 1.66. The summed E-state index contributed by atoms with van der Waals surface area (Å²) in [5.41, 5.74) is 7.36. The van der Waals surface area contributed by atoms with Gasteiger partial charge in [-0.25, -0.2) is 0 Å². The summed E-state index contributed by atoms with van der Waals surface area (Å²) in [7, 11) is 0. The Morgan fingerprint density at radius 1 is 1.05 bits per heavy atom. The Morgan fingerprint density at radius 2 is 1.71 bits per heavy atom. The van der Waals surface area contributed by atoms with E-state index in [4.69, 9.17) is 18.0 Å². The van der Waals surface area contributed by atoms with Gasteiger partial charge in [-0.2, -0.15) is 0 Å². The molecule has 0 aliphatic rings. The van der Waals surface area contributed by atoms with Gasteiger partial charge in [-0.05, 0) is 36.4 Å². The van der Waals surface area contributed by atoms with Crippen LogP contribution in [0.5, 0.6) is 5.75 Å². The lowest BCUT2D eigenvalue weighted by molar-refractivity contribution is -0.274. The zero-order chi connectivity index (χ0) is 15.5. The van der Waals surface area contributed by atoms with Crippen LogP contribution in [-0.2, 0) is 0 Å². The lowest BCUT2D eigenvalue weighted by Crippen LogP contribution is -2.17. The summed E-state index contributed by atoms with van der Waals surface area (Å²) < 4.78 is 40.3. The van der Waals surface area contributed by atoms with Crippen LogP contribution in [0.1, 0.15) is 5.56 Å². The van der Waals surface area contributed by atoms with Crippen LogP contribution >= 0.6 is 12.2 Å². The Morgan fingerprint density at radius 3 is 2.29 bits per heavy atom. The van der Waals surface area contributed by atoms with Crippen molar-refractivity contribution in [1.82, 2.24) is 0 Å². The number of hydrogen-bond donors (Lipinski definition) is 2. The molecule has 0 saturated carbocycles. The number of benzene rings is 2. The first-order valence-corrected chi connectivity index (χ1v) is 6.27. The van der Waals surface area contributed by atoms with Gasteiger partial charge in [0.2, 0.25) is 0 Å². The maximum absolute atomic E-state index is 12.2. The summed E-state index contributed by atoms with van der Waals surface area (Å²) >= 11 is 4.84. The number of nitrogens with one attached hydrogen (secondary N) is 1. The topological polar surface area (TPSA) is 47.3 Å². The third-order valence-corrected chi connectivity index (χ3v) is 2.76. The van der Waals surface area contributed by atoms with Gasteiger partial charge in [0.05, 0.1) is 0 Å². The van der Waals surface area contributed by atoms with Crippen molar-refractivity contribution in [1.29, 1.82) is 0 Å². The molecule has 0 radical (unpaired) electrons. The summed E-state index contributed by atoms with van der Waals surface area (Å²) in [4.78, 5) is 0.280. The van der Waals surface area contributed by atoms with Crippen molar-refractivity contribution in [3.8, 4) is 5.75 Å². The third kappa shape index (κ3) is 4.64. The van der Waals surface area contributed by atoms with Crippen LogP contribution < -0.4 is 15.8 Å². The van der Waals surface area contributed by atoms with Crippen LogP contribution in [0, 0.1) is 0 Å². The maximum atomic E-state index is 12.2. The van der Waals surface area contributed by atoms with Gasteiger partial charge < -0.3 is 15.8 Å². The Bertz CT molecular complexity index is 641. The number of alkyl halides is 3. The molecule has 0 bridgehead atoms. The Balaban J connectivity index is 2.12. The SMILES string of the molecule is NC(=S)c1ccc(Nc2cccc(OC(F)(F)F)c2)cc1. The molecule has 0 atom stereocenters. The maximum Gasteiger partial charge on any atom is 0.573 e. The fraction of sp³-hybridized carbons (Fsp3) is 0.0714. The summed E-state index contributed by atoms with van der Waals surface area (Å²) in [6.45, 7) is 0. The molecule has 0 heterocycles. The van der Waals surface area contributed by atoms with E-state index in [-0.39, 0.29) is 10.7 Å². The minimum absolute atomic E-state index is 0.280. The standard InChI is InChI=1S/C14H11F3N2OS/c15-14(16,17)20-12-3-1-2-11(8-12)19-10-6-4-9(5-7-10)13(18)21/h1-8,19H,(H2,18,21). The van der Waals surface area contributed by atoms with Crippen LogP contribution in [0.4, 0.5) is 24.5 Å². The van der Waals surface area contributed by atoms with E-state index < -0.39 is 6.36 Å². The van der Waals surface area contributed by atoms with Crippen LogP contribution in [0.2, 0.25) is 0 Å². The summed E-state index contributed by atoms with van der Waals surface area (Å²) in [5.74, 6) is -0.285. The predicted octanol–water partition coefficient (Wildman–Crippen LogP) is 3.96. The van der Waals surface area contributed by atoms with Crippen LogP contribution in [0.25, 0.3) is 0 Å².